The minimum absolute atomic E-state index is 0.356. The summed E-state index contributed by atoms with van der Waals surface area (Å²) in [4.78, 5) is 13.6. The molecule has 3 nitrogen and oxygen atoms in total. The quantitative estimate of drug-likeness (QED) is 0.819. The molecule has 2 rings (SSSR count). The lowest BCUT2D eigenvalue weighted by atomic mass is 10.1. The van der Waals surface area contributed by atoms with Crippen molar-refractivity contribution in [2.45, 2.75) is 45.7 Å². The Balaban J connectivity index is 1.94. The Morgan fingerprint density at radius 1 is 1.32 bits per heavy atom. The third-order valence-corrected chi connectivity index (χ3v) is 3.68. The zero-order valence-electron chi connectivity index (χ0n) is 11.9. The second kappa shape index (κ2) is 6.20. The molecular weight excluding hydrogens is 236 g/mol. The van der Waals surface area contributed by atoms with Crippen LogP contribution in [0.2, 0.25) is 0 Å². The number of benzene rings is 1. The van der Waals surface area contributed by atoms with Crippen molar-refractivity contribution < 1.29 is 4.79 Å². The maximum Gasteiger partial charge on any atom is 0.248 e. The monoisotopic (exact) mass is 260 g/mol. The number of primary amides is 1. The molecule has 3 heteroatoms. The first kappa shape index (κ1) is 14.1. The lowest BCUT2D eigenvalue weighted by molar-refractivity contribution is 0.100. The lowest BCUT2D eigenvalue weighted by Crippen LogP contribution is -2.27. The molecule has 2 N–H and O–H groups in total. The second-order valence-electron chi connectivity index (χ2n) is 5.95. The van der Waals surface area contributed by atoms with E-state index in [1.807, 2.05) is 24.3 Å². The number of hydrogen-bond acceptors (Lipinski definition) is 2. The van der Waals surface area contributed by atoms with E-state index in [0.717, 1.165) is 18.5 Å². The van der Waals surface area contributed by atoms with Crippen LogP contribution in [0.15, 0.2) is 24.3 Å². The molecule has 1 aliphatic carbocycles. The Kier molecular flexibility index (Phi) is 4.59. The van der Waals surface area contributed by atoms with E-state index in [-0.39, 0.29) is 5.91 Å². The first-order chi connectivity index (χ1) is 9.06. The summed E-state index contributed by atoms with van der Waals surface area (Å²) in [5, 5.41) is 0. The van der Waals surface area contributed by atoms with Crippen LogP contribution in [0.1, 0.15) is 49.0 Å². The van der Waals surface area contributed by atoms with Crippen LogP contribution in [-0.2, 0) is 6.54 Å². The van der Waals surface area contributed by atoms with Crippen LogP contribution in [0.3, 0.4) is 0 Å². The van der Waals surface area contributed by atoms with Crippen molar-refractivity contribution >= 4 is 5.91 Å². The van der Waals surface area contributed by atoms with Gasteiger partial charge in [-0.15, -0.1) is 0 Å². The number of rotatable bonds is 7. The summed E-state index contributed by atoms with van der Waals surface area (Å²) in [5.74, 6) is 0.392. The van der Waals surface area contributed by atoms with Crippen LogP contribution in [0.4, 0.5) is 0 Å². The van der Waals surface area contributed by atoms with E-state index in [0.29, 0.717) is 5.56 Å². The Morgan fingerprint density at radius 3 is 2.42 bits per heavy atom. The molecule has 0 radical (unpaired) electrons. The van der Waals surface area contributed by atoms with Gasteiger partial charge >= 0.3 is 0 Å². The molecule has 0 atom stereocenters. The fourth-order valence-corrected chi connectivity index (χ4v) is 2.26. The largest absolute Gasteiger partial charge is 0.366 e. The molecule has 0 saturated heterocycles. The molecule has 1 aliphatic rings. The number of amides is 1. The third-order valence-electron chi connectivity index (χ3n) is 3.68. The van der Waals surface area contributed by atoms with Crippen LogP contribution in [-0.4, -0.2) is 23.4 Å². The van der Waals surface area contributed by atoms with Crippen LogP contribution in [0, 0.1) is 5.92 Å². The normalized spacial score (nSPS) is 15.2. The van der Waals surface area contributed by atoms with E-state index in [4.69, 9.17) is 5.73 Å². The van der Waals surface area contributed by atoms with E-state index in [2.05, 4.69) is 18.7 Å². The highest BCUT2D eigenvalue weighted by atomic mass is 16.1. The van der Waals surface area contributed by atoms with E-state index in [1.54, 1.807) is 0 Å². The van der Waals surface area contributed by atoms with Gasteiger partial charge in [0.05, 0.1) is 0 Å². The van der Waals surface area contributed by atoms with E-state index >= 15 is 0 Å². The average molecular weight is 260 g/mol. The molecule has 0 aliphatic heterocycles. The molecular formula is C16H24N2O. The topological polar surface area (TPSA) is 46.3 Å². The van der Waals surface area contributed by atoms with Gasteiger partial charge in [-0.2, -0.15) is 0 Å². The molecule has 1 aromatic carbocycles. The molecule has 0 aromatic heterocycles. The van der Waals surface area contributed by atoms with Crippen molar-refractivity contribution in [3.8, 4) is 0 Å². The van der Waals surface area contributed by atoms with Crippen molar-refractivity contribution in [3.05, 3.63) is 35.4 Å². The van der Waals surface area contributed by atoms with Gasteiger partial charge in [-0.1, -0.05) is 26.0 Å². The molecule has 1 aromatic rings. The average Bonchev–Trinajstić information content (AvgIpc) is 3.19. The van der Waals surface area contributed by atoms with Crippen molar-refractivity contribution in [1.82, 2.24) is 4.90 Å². The van der Waals surface area contributed by atoms with Crippen LogP contribution in [0.25, 0.3) is 0 Å². The number of nitrogens with zero attached hydrogens (tertiary/aromatic N) is 1. The predicted octanol–water partition coefficient (Wildman–Crippen LogP) is 2.80. The first-order valence-corrected chi connectivity index (χ1v) is 7.19. The van der Waals surface area contributed by atoms with Gasteiger partial charge in [0.1, 0.15) is 0 Å². The highest BCUT2D eigenvalue weighted by molar-refractivity contribution is 5.92. The first-order valence-electron chi connectivity index (χ1n) is 7.19. The highest BCUT2D eigenvalue weighted by Gasteiger charge is 2.28. The predicted molar refractivity (Wildman–Crippen MR) is 77.8 cm³/mol. The summed E-state index contributed by atoms with van der Waals surface area (Å²) >= 11 is 0. The van der Waals surface area contributed by atoms with Gasteiger partial charge < -0.3 is 5.73 Å². The molecule has 104 valence electrons. The SMILES string of the molecule is CC(C)CCN(Cc1ccc(C(N)=O)cc1)C1CC1. The van der Waals surface area contributed by atoms with Gasteiger partial charge in [0, 0.05) is 18.2 Å². The van der Waals surface area contributed by atoms with Gasteiger partial charge in [-0.3, -0.25) is 9.69 Å². The summed E-state index contributed by atoms with van der Waals surface area (Å²) in [6.45, 7) is 6.69. The Morgan fingerprint density at radius 2 is 1.95 bits per heavy atom. The minimum atomic E-state index is -0.356. The standard InChI is InChI=1S/C16H24N2O/c1-12(2)9-10-18(15-7-8-15)11-13-3-5-14(6-4-13)16(17)19/h3-6,12,15H,7-11H2,1-2H3,(H2,17,19). The van der Waals surface area contributed by atoms with Crippen molar-refractivity contribution in [3.63, 3.8) is 0 Å². The van der Waals surface area contributed by atoms with Crippen molar-refractivity contribution in [2.75, 3.05) is 6.54 Å². The maximum atomic E-state index is 11.0. The van der Waals surface area contributed by atoms with Gasteiger partial charge in [0.2, 0.25) is 5.91 Å². The molecule has 0 heterocycles. The van der Waals surface area contributed by atoms with Crippen molar-refractivity contribution in [1.29, 1.82) is 0 Å². The zero-order chi connectivity index (χ0) is 13.8. The zero-order valence-corrected chi connectivity index (χ0v) is 11.9. The smallest absolute Gasteiger partial charge is 0.248 e. The Hall–Kier alpha value is -1.35. The lowest BCUT2D eigenvalue weighted by Gasteiger charge is -2.23. The van der Waals surface area contributed by atoms with E-state index in [1.165, 1.54) is 31.4 Å². The van der Waals surface area contributed by atoms with E-state index < -0.39 is 0 Å². The fraction of sp³-hybridized carbons (Fsp3) is 0.562. The summed E-state index contributed by atoms with van der Waals surface area (Å²) in [6.07, 6.45) is 3.91. The Bertz CT molecular complexity index is 421. The number of hydrogen-bond donors (Lipinski definition) is 1. The number of carbonyl (C=O) groups excluding carboxylic acids is 1. The summed E-state index contributed by atoms with van der Waals surface area (Å²) in [7, 11) is 0. The van der Waals surface area contributed by atoms with Gasteiger partial charge in [-0.25, -0.2) is 0 Å². The summed E-state index contributed by atoms with van der Waals surface area (Å²) in [5.41, 5.74) is 7.11. The highest BCUT2D eigenvalue weighted by Crippen LogP contribution is 2.28. The molecule has 0 spiro atoms. The van der Waals surface area contributed by atoms with Gasteiger partial charge in [0.15, 0.2) is 0 Å². The summed E-state index contributed by atoms with van der Waals surface area (Å²) in [6, 6.07) is 8.46. The molecule has 0 bridgehead atoms. The van der Waals surface area contributed by atoms with Crippen LogP contribution in [0.5, 0.6) is 0 Å². The maximum absolute atomic E-state index is 11.0. The third kappa shape index (κ3) is 4.35. The van der Waals surface area contributed by atoms with Crippen LogP contribution >= 0.6 is 0 Å². The summed E-state index contributed by atoms with van der Waals surface area (Å²) < 4.78 is 0. The number of carbonyl (C=O) groups is 1. The fourth-order valence-electron chi connectivity index (χ4n) is 2.26. The number of nitrogens with two attached hydrogens (primary N) is 1. The minimum Gasteiger partial charge on any atom is -0.366 e. The molecule has 19 heavy (non-hydrogen) atoms. The van der Waals surface area contributed by atoms with Crippen LogP contribution < -0.4 is 5.73 Å². The van der Waals surface area contributed by atoms with Crippen molar-refractivity contribution in [2.24, 2.45) is 11.7 Å². The molecule has 0 unspecified atom stereocenters. The van der Waals surface area contributed by atoms with E-state index in [9.17, 15) is 4.79 Å². The second-order valence-corrected chi connectivity index (χ2v) is 5.95. The molecule has 1 saturated carbocycles. The van der Waals surface area contributed by atoms with Gasteiger partial charge in [0.25, 0.3) is 0 Å². The Labute approximate surface area is 115 Å². The van der Waals surface area contributed by atoms with Gasteiger partial charge in [-0.05, 0) is 49.4 Å². The molecule has 1 fully saturated rings. The molecule has 1 amide bonds.